The first-order chi connectivity index (χ1) is 14.1. The van der Waals surface area contributed by atoms with Gasteiger partial charge < -0.3 is 14.7 Å². The molecule has 0 amide bonds. The highest BCUT2D eigenvalue weighted by atomic mass is 16.4. The van der Waals surface area contributed by atoms with Gasteiger partial charge in [0.05, 0.1) is 0 Å². The van der Waals surface area contributed by atoms with Crippen LogP contribution >= 0.6 is 0 Å². The standard InChI is InChI=1S/C25H44O4/c1-2-3-4-5-6-8-11-14-17-20-25(23-27,24(28)29)21-18-15-12-9-7-10-13-16-19-22-26/h2,22-23H,1,3-21H2,(H,28,29). The number of rotatable bonds is 23. The van der Waals surface area contributed by atoms with E-state index in [2.05, 4.69) is 6.58 Å². The van der Waals surface area contributed by atoms with Gasteiger partial charge in [0.15, 0.2) is 0 Å². The lowest BCUT2D eigenvalue weighted by Crippen LogP contribution is -2.32. The van der Waals surface area contributed by atoms with Crippen LogP contribution in [0.3, 0.4) is 0 Å². The fraction of sp³-hybridized carbons (Fsp3) is 0.800. The molecule has 0 fully saturated rings. The molecule has 0 radical (unpaired) electrons. The maximum absolute atomic E-state index is 11.7. The minimum atomic E-state index is -1.18. The molecule has 0 aliphatic heterocycles. The van der Waals surface area contributed by atoms with Gasteiger partial charge in [-0.2, -0.15) is 0 Å². The van der Waals surface area contributed by atoms with Crippen LogP contribution in [0.5, 0.6) is 0 Å². The molecule has 0 bridgehead atoms. The van der Waals surface area contributed by atoms with Crippen LogP contribution in [-0.4, -0.2) is 23.6 Å². The fourth-order valence-electron chi connectivity index (χ4n) is 3.85. The van der Waals surface area contributed by atoms with Crippen molar-refractivity contribution in [1.29, 1.82) is 0 Å². The number of carboxylic acids is 1. The van der Waals surface area contributed by atoms with Crippen LogP contribution in [0.15, 0.2) is 12.7 Å². The molecule has 0 aromatic carbocycles. The van der Waals surface area contributed by atoms with E-state index in [1.165, 1.54) is 32.1 Å². The normalized spacial score (nSPS) is 13.0. The number of hydrogen-bond donors (Lipinski definition) is 1. The third kappa shape index (κ3) is 15.1. The van der Waals surface area contributed by atoms with Crippen molar-refractivity contribution in [2.45, 2.75) is 122 Å². The van der Waals surface area contributed by atoms with Gasteiger partial charge in [-0.1, -0.05) is 89.5 Å². The number of carbonyl (C=O) groups excluding carboxylic acids is 2. The molecule has 4 nitrogen and oxygen atoms in total. The highest BCUT2D eigenvalue weighted by Crippen LogP contribution is 2.30. The Balaban J connectivity index is 3.88. The maximum atomic E-state index is 11.7. The Bertz CT molecular complexity index is 433. The molecular weight excluding hydrogens is 364 g/mol. The first-order valence-electron chi connectivity index (χ1n) is 11.9. The van der Waals surface area contributed by atoms with Crippen LogP contribution < -0.4 is 0 Å². The number of hydrogen-bond acceptors (Lipinski definition) is 3. The molecule has 0 aromatic rings. The molecule has 29 heavy (non-hydrogen) atoms. The summed E-state index contributed by atoms with van der Waals surface area (Å²) < 4.78 is 0. The largest absolute Gasteiger partial charge is 0.481 e. The Morgan fingerprint density at radius 3 is 1.38 bits per heavy atom. The minimum Gasteiger partial charge on any atom is -0.481 e. The molecule has 168 valence electrons. The van der Waals surface area contributed by atoms with Crippen molar-refractivity contribution in [2.24, 2.45) is 5.41 Å². The van der Waals surface area contributed by atoms with Crippen molar-refractivity contribution < 1.29 is 19.5 Å². The summed E-state index contributed by atoms with van der Waals surface area (Å²) in [6, 6.07) is 0. The molecule has 1 unspecified atom stereocenters. The van der Waals surface area contributed by atoms with Gasteiger partial charge in [-0.25, -0.2) is 0 Å². The third-order valence-electron chi connectivity index (χ3n) is 5.88. The second-order valence-corrected chi connectivity index (χ2v) is 8.42. The lowest BCUT2D eigenvalue weighted by molar-refractivity contribution is -0.152. The van der Waals surface area contributed by atoms with Gasteiger partial charge in [0.1, 0.15) is 18.0 Å². The Morgan fingerprint density at radius 1 is 0.655 bits per heavy atom. The van der Waals surface area contributed by atoms with E-state index in [-0.39, 0.29) is 0 Å². The van der Waals surface area contributed by atoms with Gasteiger partial charge >= 0.3 is 5.97 Å². The van der Waals surface area contributed by atoms with Crippen LogP contribution in [0, 0.1) is 5.41 Å². The third-order valence-corrected chi connectivity index (χ3v) is 5.88. The van der Waals surface area contributed by atoms with Gasteiger partial charge in [-0.05, 0) is 32.1 Å². The van der Waals surface area contributed by atoms with E-state index in [0.29, 0.717) is 25.5 Å². The highest BCUT2D eigenvalue weighted by Gasteiger charge is 2.37. The van der Waals surface area contributed by atoms with Crippen molar-refractivity contribution in [3.05, 3.63) is 12.7 Å². The van der Waals surface area contributed by atoms with Gasteiger partial charge in [-0.15, -0.1) is 6.58 Å². The van der Waals surface area contributed by atoms with E-state index in [4.69, 9.17) is 0 Å². The Kier molecular flexibility index (Phi) is 18.9. The lowest BCUT2D eigenvalue weighted by atomic mass is 9.79. The van der Waals surface area contributed by atoms with Crippen LogP contribution in [0.2, 0.25) is 0 Å². The molecule has 0 aromatic heterocycles. The van der Waals surface area contributed by atoms with E-state index in [0.717, 1.165) is 76.9 Å². The molecule has 4 heteroatoms. The first kappa shape index (κ1) is 27.5. The first-order valence-corrected chi connectivity index (χ1v) is 11.9. The molecule has 0 aliphatic rings. The van der Waals surface area contributed by atoms with E-state index < -0.39 is 11.4 Å². The lowest BCUT2D eigenvalue weighted by Gasteiger charge is -2.23. The average Bonchev–Trinajstić information content (AvgIpc) is 2.72. The molecular formula is C25H44O4. The smallest absolute Gasteiger partial charge is 0.316 e. The van der Waals surface area contributed by atoms with E-state index in [1.807, 2.05) is 6.08 Å². The molecule has 0 heterocycles. The molecule has 0 saturated heterocycles. The van der Waals surface area contributed by atoms with E-state index in [9.17, 15) is 19.5 Å². The van der Waals surface area contributed by atoms with Crippen molar-refractivity contribution >= 4 is 18.5 Å². The number of unbranched alkanes of at least 4 members (excludes halogenated alkanes) is 15. The van der Waals surface area contributed by atoms with Crippen LogP contribution in [-0.2, 0) is 14.4 Å². The summed E-state index contributed by atoms with van der Waals surface area (Å²) in [5.74, 6) is -0.952. The molecule has 1 N–H and O–H groups in total. The summed E-state index contributed by atoms with van der Waals surface area (Å²) in [7, 11) is 0. The van der Waals surface area contributed by atoms with Gasteiger partial charge in [0.2, 0.25) is 0 Å². The Morgan fingerprint density at radius 2 is 1.03 bits per heavy atom. The van der Waals surface area contributed by atoms with E-state index >= 15 is 0 Å². The topological polar surface area (TPSA) is 71.4 Å². The number of carboxylic acid groups (broad SMARTS) is 1. The number of allylic oxidation sites excluding steroid dienone is 1. The molecule has 0 aliphatic carbocycles. The second-order valence-electron chi connectivity index (χ2n) is 8.42. The quantitative estimate of drug-likeness (QED) is 0.0850. The predicted octanol–water partition coefficient (Wildman–Crippen LogP) is 7.05. The number of carbonyl (C=O) groups is 3. The Labute approximate surface area is 178 Å². The summed E-state index contributed by atoms with van der Waals surface area (Å²) in [4.78, 5) is 33.6. The predicted molar refractivity (Wildman–Crippen MR) is 120 cm³/mol. The summed E-state index contributed by atoms with van der Waals surface area (Å²) in [6.07, 6.45) is 22.6. The fourth-order valence-corrected chi connectivity index (χ4v) is 3.85. The number of aldehydes is 2. The highest BCUT2D eigenvalue weighted by molar-refractivity contribution is 5.91. The van der Waals surface area contributed by atoms with Gasteiger partial charge in [0, 0.05) is 6.42 Å². The van der Waals surface area contributed by atoms with Crippen LogP contribution in [0.25, 0.3) is 0 Å². The summed E-state index contributed by atoms with van der Waals surface area (Å²) in [6.45, 7) is 3.73. The van der Waals surface area contributed by atoms with Crippen molar-refractivity contribution in [3.63, 3.8) is 0 Å². The van der Waals surface area contributed by atoms with E-state index in [1.54, 1.807) is 0 Å². The summed E-state index contributed by atoms with van der Waals surface area (Å²) in [5, 5.41) is 9.63. The summed E-state index contributed by atoms with van der Waals surface area (Å²) in [5.41, 5.74) is -1.18. The Hall–Kier alpha value is -1.45. The zero-order valence-electron chi connectivity index (χ0n) is 18.5. The zero-order chi connectivity index (χ0) is 21.6. The molecule has 0 spiro atoms. The minimum absolute atomic E-state index is 0.465. The van der Waals surface area contributed by atoms with Crippen LogP contribution in [0.1, 0.15) is 122 Å². The van der Waals surface area contributed by atoms with Crippen molar-refractivity contribution in [3.8, 4) is 0 Å². The maximum Gasteiger partial charge on any atom is 0.316 e. The second kappa shape index (κ2) is 19.8. The van der Waals surface area contributed by atoms with Gasteiger partial charge in [-0.3, -0.25) is 4.79 Å². The van der Waals surface area contributed by atoms with Crippen LogP contribution in [0.4, 0.5) is 0 Å². The monoisotopic (exact) mass is 408 g/mol. The molecule has 0 saturated carbocycles. The summed E-state index contributed by atoms with van der Waals surface area (Å²) >= 11 is 0. The number of aliphatic carboxylic acids is 1. The van der Waals surface area contributed by atoms with Crippen molar-refractivity contribution in [2.75, 3.05) is 0 Å². The SMILES string of the molecule is C=CCCCCCCCCCC(C=O)(CCCCCCCCCCC=O)C(=O)O. The zero-order valence-corrected chi connectivity index (χ0v) is 18.5. The van der Waals surface area contributed by atoms with Crippen molar-refractivity contribution in [1.82, 2.24) is 0 Å². The van der Waals surface area contributed by atoms with Gasteiger partial charge in [0.25, 0.3) is 0 Å². The average molecular weight is 409 g/mol. The molecule has 0 rings (SSSR count). The molecule has 1 atom stereocenters.